The Bertz CT molecular complexity index is 766. The van der Waals surface area contributed by atoms with Gasteiger partial charge in [0.05, 0.1) is 0 Å². The van der Waals surface area contributed by atoms with E-state index in [1.807, 2.05) is 54.6 Å². The van der Waals surface area contributed by atoms with Crippen LogP contribution in [0.15, 0.2) is 67.0 Å². The molecule has 0 bridgehead atoms. The van der Waals surface area contributed by atoms with Gasteiger partial charge in [0.15, 0.2) is 0 Å². The van der Waals surface area contributed by atoms with Crippen molar-refractivity contribution in [3.63, 3.8) is 0 Å². The summed E-state index contributed by atoms with van der Waals surface area (Å²) in [7, 11) is 0. The second-order valence-corrected chi connectivity index (χ2v) is 4.80. The number of nitrogens with one attached hydrogen (secondary N) is 1. The number of nitrogens with two attached hydrogens (primary N) is 1. The number of rotatable bonds is 4. The van der Waals surface area contributed by atoms with Crippen LogP contribution in [0.2, 0.25) is 0 Å². The van der Waals surface area contributed by atoms with Crippen LogP contribution in [0.3, 0.4) is 0 Å². The number of nitrogens with zero attached hydrogens (tertiary/aromatic N) is 1. The first-order valence-corrected chi connectivity index (χ1v) is 6.69. The predicted octanol–water partition coefficient (Wildman–Crippen LogP) is 2.87. The highest BCUT2D eigenvalue weighted by Gasteiger charge is 2.20. The van der Waals surface area contributed by atoms with Gasteiger partial charge in [-0.3, -0.25) is 9.78 Å². The van der Waals surface area contributed by atoms with Gasteiger partial charge in [-0.1, -0.05) is 42.5 Å². The molecule has 0 fully saturated rings. The molecule has 21 heavy (non-hydrogen) atoms. The van der Waals surface area contributed by atoms with Crippen LogP contribution in [-0.2, 0) is 4.79 Å². The second-order valence-electron chi connectivity index (χ2n) is 4.80. The molecule has 104 valence electrons. The normalized spacial score (nSPS) is 12.0. The Morgan fingerprint density at radius 2 is 1.71 bits per heavy atom. The zero-order valence-electron chi connectivity index (χ0n) is 11.4. The van der Waals surface area contributed by atoms with Crippen LogP contribution in [-0.4, -0.2) is 10.9 Å². The minimum Gasteiger partial charge on any atom is -0.370 e. The van der Waals surface area contributed by atoms with Gasteiger partial charge in [0.25, 0.3) is 0 Å². The van der Waals surface area contributed by atoms with Crippen LogP contribution in [0.1, 0.15) is 11.6 Å². The average Bonchev–Trinajstić information content (AvgIpc) is 2.53. The van der Waals surface area contributed by atoms with Gasteiger partial charge in [0.2, 0.25) is 5.91 Å². The highest BCUT2D eigenvalue weighted by molar-refractivity contribution is 5.93. The number of amides is 1. The zero-order chi connectivity index (χ0) is 14.7. The molecule has 0 aliphatic rings. The first kappa shape index (κ1) is 13.1. The average molecular weight is 277 g/mol. The third-order valence-corrected chi connectivity index (χ3v) is 3.38. The Balaban J connectivity index is 2.06. The number of carbonyl (C=O) groups is 1. The van der Waals surface area contributed by atoms with Gasteiger partial charge in [-0.2, -0.15) is 0 Å². The number of carbonyl (C=O) groups excluding carboxylic acids is 1. The number of pyridine rings is 1. The van der Waals surface area contributed by atoms with Crippen molar-refractivity contribution in [1.29, 1.82) is 0 Å². The fourth-order valence-electron chi connectivity index (χ4n) is 2.37. The quantitative estimate of drug-likeness (QED) is 0.770. The van der Waals surface area contributed by atoms with E-state index in [1.54, 1.807) is 12.4 Å². The lowest BCUT2D eigenvalue weighted by molar-refractivity contribution is -0.118. The predicted molar refractivity (Wildman–Crippen MR) is 83.7 cm³/mol. The molecule has 0 aliphatic heterocycles. The van der Waals surface area contributed by atoms with Gasteiger partial charge in [0.1, 0.15) is 6.04 Å². The van der Waals surface area contributed by atoms with Gasteiger partial charge >= 0.3 is 0 Å². The standard InChI is InChI=1S/C17H15N3O/c18-17(21)16(20-13-7-2-1-3-8-13)15-11-19-10-12-6-4-5-9-14(12)15/h1-11,16,20H,(H2,18,21). The van der Waals surface area contributed by atoms with Crippen LogP contribution in [0.4, 0.5) is 5.69 Å². The van der Waals surface area contributed by atoms with E-state index in [-0.39, 0.29) is 0 Å². The lowest BCUT2D eigenvalue weighted by Gasteiger charge is -2.18. The summed E-state index contributed by atoms with van der Waals surface area (Å²) in [6.45, 7) is 0. The van der Waals surface area contributed by atoms with E-state index in [1.165, 1.54) is 0 Å². The number of hydrogen-bond donors (Lipinski definition) is 2. The zero-order valence-corrected chi connectivity index (χ0v) is 11.4. The highest BCUT2D eigenvalue weighted by atomic mass is 16.1. The van der Waals surface area contributed by atoms with E-state index >= 15 is 0 Å². The summed E-state index contributed by atoms with van der Waals surface area (Å²) in [5.74, 6) is -0.433. The smallest absolute Gasteiger partial charge is 0.244 e. The summed E-state index contributed by atoms with van der Waals surface area (Å²) in [5.41, 5.74) is 7.20. The van der Waals surface area contributed by atoms with Crippen LogP contribution in [0.25, 0.3) is 10.8 Å². The Morgan fingerprint density at radius 1 is 1.00 bits per heavy atom. The molecule has 3 aromatic rings. The molecule has 4 nitrogen and oxygen atoms in total. The monoisotopic (exact) mass is 277 g/mol. The number of hydrogen-bond acceptors (Lipinski definition) is 3. The molecule has 3 rings (SSSR count). The van der Waals surface area contributed by atoms with Crippen molar-refractivity contribution in [3.05, 3.63) is 72.6 Å². The summed E-state index contributed by atoms with van der Waals surface area (Å²) in [6.07, 6.45) is 3.47. The summed E-state index contributed by atoms with van der Waals surface area (Å²) >= 11 is 0. The number of benzene rings is 2. The Kier molecular flexibility index (Phi) is 3.51. The maximum Gasteiger partial charge on any atom is 0.244 e. The first-order chi connectivity index (χ1) is 10.3. The summed E-state index contributed by atoms with van der Waals surface area (Å²) < 4.78 is 0. The summed E-state index contributed by atoms with van der Waals surface area (Å²) in [4.78, 5) is 16.1. The minimum atomic E-state index is -0.619. The largest absolute Gasteiger partial charge is 0.370 e. The maximum atomic E-state index is 11.9. The van der Waals surface area contributed by atoms with E-state index in [4.69, 9.17) is 5.73 Å². The summed E-state index contributed by atoms with van der Waals surface area (Å²) in [6, 6.07) is 16.7. The van der Waals surface area contributed by atoms with Crippen molar-refractivity contribution >= 4 is 22.4 Å². The molecule has 1 atom stereocenters. The molecular formula is C17H15N3O. The molecule has 1 heterocycles. The third-order valence-electron chi connectivity index (χ3n) is 3.38. The molecule has 1 unspecified atom stereocenters. The SMILES string of the molecule is NC(=O)C(Nc1ccccc1)c1cncc2ccccc12. The molecule has 0 spiro atoms. The lowest BCUT2D eigenvalue weighted by Crippen LogP contribution is -2.28. The van der Waals surface area contributed by atoms with E-state index in [0.29, 0.717) is 0 Å². The number of para-hydroxylation sites is 1. The lowest BCUT2D eigenvalue weighted by atomic mass is 10.0. The molecule has 1 amide bonds. The van der Waals surface area contributed by atoms with Crippen molar-refractivity contribution in [2.24, 2.45) is 5.73 Å². The molecule has 1 aromatic heterocycles. The van der Waals surface area contributed by atoms with E-state index in [2.05, 4.69) is 10.3 Å². The number of primary amides is 1. The van der Waals surface area contributed by atoms with Crippen molar-refractivity contribution in [2.75, 3.05) is 5.32 Å². The van der Waals surface area contributed by atoms with Crippen molar-refractivity contribution in [2.45, 2.75) is 6.04 Å². The van der Waals surface area contributed by atoms with E-state index in [9.17, 15) is 4.79 Å². The topological polar surface area (TPSA) is 68.0 Å². The molecule has 0 saturated heterocycles. The number of aromatic nitrogens is 1. The van der Waals surface area contributed by atoms with Crippen LogP contribution in [0, 0.1) is 0 Å². The summed E-state index contributed by atoms with van der Waals surface area (Å²) in [5, 5.41) is 5.13. The van der Waals surface area contributed by atoms with Gasteiger partial charge in [0, 0.05) is 29.0 Å². The van der Waals surface area contributed by atoms with E-state index < -0.39 is 11.9 Å². The fraction of sp³-hybridized carbons (Fsp3) is 0.0588. The number of anilines is 1. The Morgan fingerprint density at radius 3 is 2.48 bits per heavy atom. The molecule has 0 saturated carbocycles. The molecular weight excluding hydrogens is 262 g/mol. The molecule has 2 aromatic carbocycles. The maximum absolute atomic E-state index is 11.9. The Labute approximate surface area is 122 Å². The first-order valence-electron chi connectivity index (χ1n) is 6.69. The second kappa shape index (κ2) is 5.63. The fourth-order valence-corrected chi connectivity index (χ4v) is 2.37. The van der Waals surface area contributed by atoms with Gasteiger partial charge in [-0.15, -0.1) is 0 Å². The molecule has 3 N–H and O–H groups in total. The van der Waals surface area contributed by atoms with Gasteiger partial charge in [-0.25, -0.2) is 0 Å². The van der Waals surface area contributed by atoms with Crippen molar-refractivity contribution in [3.8, 4) is 0 Å². The molecule has 4 heteroatoms. The molecule has 0 aliphatic carbocycles. The van der Waals surface area contributed by atoms with Crippen molar-refractivity contribution < 1.29 is 4.79 Å². The van der Waals surface area contributed by atoms with Crippen LogP contribution < -0.4 is 11.1 Å². The van der Waals surface area contributed by atoms with Crippen LogP contribution in [0.5, 0.6) is 0 Å². The highest BCUT2D eigenvalue weighted by Crippen LogP contribution is 2.26. The van der Waals surface area contributed by atoms with E-state index in [0.717, 1.165) is 22.0 Å². The van der Waals surface area contributed by atoms with Gasteiger partial charge in [-0.05, 0) is 17.5 Å². The molecule has 0 radical (unpaired) electrons. The number of fused-ring (bicyclic) bond motifs is 1. The van der Waals surface area contributed by atoms with Crippen LogP contribution >= 0.6 is 0 Å². The van der Waals surface area contributed by atoms with Gasteiger partial charge < -0.3 is 11.1 Å². The third kappa shape index (κ3) is 2.69. The Hall–Kier alpha value is -2.88. The minimum absolute atomic E-state index is 0.433. The van der Waals surface area contributed by atoms with Crippen molar-refractivity contribution in [1.82, 2.24) is 4.98 Å².